The zero-order valence-corrected chi connectivity index (χ0v) is 10.4. The predicted octanol–water partition coefficient (Wildman–Crippen LogP) is 3.30. The van der Waals surface area contributed by atoms with E-state index in [9.17, 15) is 13.2 Å². The van der Waals surface area contributed by atoms with Gasteiger partial charge in [0.2, 0.25) is 0 Å². The van der Waals surface area contributed by atoms with Crippen LogP contribution < -0.4 is 4.74 Å². The monoisotopic (exact) mass is 269 g/mol. The Morgan fingerprint density at radius 3 is 2.63 bits per heavy atom. The van der Waals surface area contributed by atoms with Crippen molar-refractivity contribution in [2.24, 2.45) is 5.92 Å². The van der Waals surface area contributed by atoms with E-state index < -0.39 is 6.36 Å². The van der Waals surface area contributed by atoms with Crippen LogP contribution in [-0.4, -0.2) is 30.9 Å². The van der Waals surface area contributed by atoms with Crippen LogP contribution >= 0.6 is 0 Å². The maximum atomic E-state index is 12.4. The van der Waals surface area contributed by atoms with Gasteiger partial charge >= 0.3 is 6.36 Å². The van der Waals surface area contributed by atoms with Crippen molar-refractivity contribution < 1.29 is 17.9 Å². The SMILES string of the molecule is CN1CC2C=C(c3ccccc3OC(F)(F)F)C1C2. The van der Waals surface area contributed by atoms with Gasteiger partial charge in [-0.3, -0.25) is 4.90 Å². The lowest BCUT2D eigenvalue weighted by Gasteiger charge is -2.25. The number of hydrogen-bond acceptors (Lipinski definition) is 2. The van der Waals surface area contributed by atoms with Gasteiger partial charge in [-0.1, -0.05) is 24.3 Å². The molecule has 1 aromatic rings. The highest BCUT2D eigenvalue weighted by Gasteiger charge is 2.39. The molecule has 2 nitrogen and oxygen atoms in total. The zero-order chi connectivity index (χ0) is 13.6. The van der Waals surface area contributed by atoms with Crippen LogP contribution in [0, 0.1) is 5.92 Å². The number of likely N-dealkylation sites (N-methyl/N-ethyl adjacent to an activating group) is 1. The first-order valence-corrected chi connectivity index (χ1v) is 6.21. The second-order valence-electron chi connectivity index (χ2n) is 5.12. The molecular weight excluding hydrogens is 255 g/mol. The third-order valence-corrected chi connectivity index (χ3v) is 3.78. The van der Waals surface area contributed by atoms with Gasteiger partial charge in [0.25, 0.3) is 0 Å². The molecule has 1 aliphatic heterocycles. The van der Waals surface area contributed by atoms with E-state index in [1.54, 1.807) is 18.2 Å². The number of halogens is 3. The fourth-order valence-corrected chi connectivity index (χ4v) is 3.08. The summed E-state index contributed by atoms with van der Waals surface area (Å²) in [7, 11) is 2.00. The van der Waals surface area contributed by atoms with E-state index in [4.69, 9.17) is 0 Å². The molecule has 1 aromatic carbocycles. The van der Waals surface area contributed by atoms with Crippen LogP contribution in [0.1, 0.15) is 12.0 Å². The van der Waals surface area contributed by atoms with Gasteiger partial charge in [-0.2, -0.15) is 0 Å². The molecule has 0 N–H and O–H groups in total. The lowest BCUT2D eigenvalue weighted by molar-refractivity contribution is -0.274. The molecule has 1 heterocycles. The van der Waals surface area contributed by atoms with Gasteiger partial charge in [-0.25, -0.2) is 0 Å². The first-order chi connectivity index (χ1) is 8.94. The fraction of sp³-hybridized carbons (Fsp3) is 0.429. The molecule has 0 spiro atoms. The summed E-state index contributed by atoms with van der Waals surface area (Å²) in [5, 5.41) is 0. The molecule has 2 bridgehead atoms. The predicted molar refractivity (Wildman–Crippen MR) is 65.6 cm³/mol. The van der Waals surface area contributed by atoms with Crippen molar-refractivity contribution in [3.8, 4) is 5.75 Å². The zero-order valence-electron chi connectivity index (χ0n) is 10.4. The van der Waals surface area contributed by atoms with Crippen LogP contribution in [0.15, 0.2) is 30.3 Å². The van der Waals surface area contributed by atoms with Crippen LogP contribution in [0.25, 0.3) is 5.57 Å². The summed E-state index contributed by atoms with van der Waals surface area (Å²) in [6.07, 6.45) is -1.57. The molecule has 19 heavy (non-hydrogen) atoms. The number of alkyl halides is 3. The van der Waals surface area contributed by atoms with Crippen LogP contribution in [0.3, 0.4) is 0 Å². The van der Waals surface area contributed by atoms with E-state index in [0.717, 1.165) is 18.5 Å². The Hall–Kier alpha value is -1.49. The number of hydrogen-bond donors (Lipinski definition) is 0. The maximum absolute atomic E-state index is 12.4. The molecule has 1 fully saturated rings. The normalized spacial score (nSPS) is 26.6. The van der Waals surface area contributed by atoms with E-state index in [1.807, 2.05) is 7.05 Å². The van der Waals surface area contributed by atoms with Gasteiger partial charge in [-0.05, 0) is 31.0 Å². The van der Waals surface area contributed by atoms with E-state index in [0.29, 0.717) is 11.5 Å². The first-order valence-electron chi connectivity index (χ1n) is 6.21. The topological polar surface area (TPSA) is 12.5 Å². The molecule has 0 aromatic heterocycles. The Bertz CT molecular complexity index is 524. The second kappa shape index (κ2) is 4.27. The lowest BCUT2D eigenvalue weighted by atomic mass is 9.99. The van der Waals surface area contributed by atoms with Crippen molar-refractivity contribution in [1.29, 1.82) is 0 Å². The Labute approximate surface area is 109 Å². The third-order valence-electron chi connectivity index (χ3n) is 3.78. The lowest BCUT2D eigenvalue weighted by Crippen LogP contribution is -2.28. The molecule has 2 atom stereocenters. The van der Waals surface area contributed by atoms with Gasteiger partial charge < -0.3 is 4.74 Å². The van der Waals surface area contributed by atoms with E-state index >= 15 is 0 Å². The number of ether oxygens (including phenoxy) is 1. The number of fused-ring (bicyclic) bond motifs is 2. The quantitative estimate of drug-likeness (QED) is 0.816. The van der Waals surface area contributed by atoms with Crippen LogP contribution in [0.2, 0.25) is 0 Å². The van der Waals surface area contributed by atoms with Crippen molar-refractivity contribution in [3.63, 3.8) is 0 Å². The van der Waals surface area contributed by atoms with Crippen LogP contribution in [0.4, 0.5) is 13.2 Å². The third kappa shape index (κ3) is 2.34. The minimum atomic E-state index is -4.65. The summed E-state index contributed by atoms with van der Waals surface area (Å²) in [5.41, 5.74) is 1.51. The highest BCUT2D eigenvalue weighted by Crippen LogP contribution is 2.44. The van der Waals surface area contributed by atoms with Crippen molar-refractivity contribution in [2.75, 3.05) is 13.6 Å². The van der Waals surface area contributed by atoms with Crippen molar-refractivity contribution >= 4 is 5.57 Å². The largest absolute Gasteiger partial charge is 0.573 e. The molecular formula is C14H14F3NO. The number of rotatable bonds is 2. The standard InChI is InChI=1S/C14H14F3NO/c1-18-8-9-6-11(12(18)7-9)10-4-2-3-5-13(10)19-14(15,16)17/h2-6,9,12H,7-8H2,1H3. The maximum Gasteiger partial charge on any atom is 0.573 e. The minimum absolute atomic E-state index is 0.109. The smallest absolute Gasteiger partial charge is 0.405 e. The molecule has 102 valence electrons. The van der Waals surface area contributed by atoms with Gasteiger partial charge in [0, 0.05) is 18.2 Å². The Morgan fingerprint density at radius 2 is 2.00 bits per heavy atom. The van der Waals surface area contributed by atoms with Crippen molar-refractivity contribution in [3.05, 3.63) is 35.9 Å². The minimum Gasteiger partial charge on any atom is -0.405 e. The highest BCUT2D eigenvalue weighted by molar-refractivity contribution is 5.76. The van der Waals surface area contributed by atoms with Gasteiger partial charge in [0.05, 0.1) is 0 Å². The molecule has 3 rings (SSSR count). The number of para-hydroxylation sites is 1. The summed E-state index contributed by atoms with van der Waals surface area (Å²) in [6.45, 7) is 0.983. The number of nitrogens with zero attached hydrogens (tertiary/aromatic N) is 1. The molecule has 1 saturated heterocycles. The molecule has 1 aliphatic carbocycles. The van der Waals surface area contributed by atoms with E-state index in [2.05, 4.69) is 15.7 Å². The number of likely N-dealkylation sites (tertiary alicyclic amines) is 1. The van der Waals surface area contributed by atoms with Gasteiger partial charge in [0.15, 0.2) is 0 Å². The summed E-state index contributed by atoms with van der Waals surface area (Å²) in [5.74, 6) is 0.339. The average Bonchev–Trinajstić information content (AvgIpc) is 2.86. The highest BCUT2D eigenvalue weighted by atomic mass is 19.4. The molecule has 5 heteroatoms. The average molecular weight is 269 g/mol. The molecule has 0 saturated carbocycles. The second-order valence-corrected chi connectivity index (χ2v) is 5.12. The summed E-state index contributed by atoms with van der Waals surface area (Å²) >= 11 is 0. The van der Waals surface area contributed by atoms with E-state index in [-0.39, 0.29) is 11.8 Å². The Kier molecular flexibility index (Phi) is 2.82. The van der Waals surface area contributed by atoms with Gasteiger partial charge in [-0.15, -0.1) is 13.2 Å². The molecule has 0 radical (unpaired) electrons. The molecule has 2 aliphatic rings. The fourth-order valence-electron chi connectivity index (χ4n) is 3.08. The van der Waals surface area contributed by atoms with Crippen LogP contribution in [-0.2, 0) is 0 Å². The van der Waals surface area contributed by atoms with Gasteiger partial charge in [0.1, 0.15) is 5.75 Å². The first kappa shape index (κ1) is 12.5. The molecule has 2 unspecified atom stereocenters. The summed E-state index contributed by atoms with van der Waals surface area (Å²) in [4.78, 5) is 2.18. The summed E-state index contributed by atoms with van der Waals surface area (Å²) < 4.78 is 41.4. The van der Waals surface area contributed by atoms with Crippen molar-refractivity contribution in [2.45, 2.75) is 18.8 Å². The number of benzene rings is 1. The van der Waals surface area contributed by atoms with E-state index in [1.165, 1.54) is 6.07 Å². The summed E-state index contributed by atoms with van der Waals surface area (Å²) in [6, 6.07) is 6.58. The van der Waals surface area contributed by atoms with Crippen molar-refractivity contribution in [1.82, 2.24) is 4.90 Å². The van der Waals surface area contributed by atoms with Crippen LogP contribution in [0.5, 0.6) is 5.75 Å². The molecule has 0 amide bonds. The Morgan fingerprint density at radius 1 is 1.26 bits per heavy atom. The Balaban J connectivity index is 1.96.